The summed E-state index contributed by atoms with van der Waals surface area (Å²) < 4.78 is 39.8. The number of halogens is 1. The summed E-state index contributed by atoms with van der Waals surface area (Å²) >= 11 is 0. The first kappa shape index (κ1) is 17.6. The van der Waals surface area contributed by atoms with E-state index in [-0.39, 0.29) is 11.4 Å². The van der Waals surface area contributed by atoms with Gasteiger partial charge in [0.2, 0.25) is 10.0 Å². The molecule has 3 rings (SSSR count). The zero-order valence-electron chi connectivity index (χ0n) is 13.7. The Morgan fingerprint density at radius 3 is 2.68 bits per heavy atom. The Labute approximate surface area is 146 Å². The van der Waals surface area contributed by atoms with Crippen LogP contribution in [0.25, 0.3) is 0 Å². The van der Waals surface area contributed by atoms with Crippen molar-refractivity contribution in [3.63, 3.8) is 0 Å². The number of aromatic nitrogens is 2. The minimum atomic E-state index is -3.73. The van der Waals surface area contributed by atoms with Gasteiger partial charge in [0.15, 0.2) is 0 Å². The number of benzene rings is 1. The molecule has 0 spiro atoms. The third kappa shape index (κ3) is 4.64. The highest BCUT2D eigenvalue weighted by Gasteiger charge is 2.15. The minimum absolute atomic E-state index is 0.0918. The van der Waals surface area contributed by atoms with Crippen molar-refractivity contribution in [2.75, 3.05) is 36.4 Å². The molecule has 0 aliphatic carbocycles. The van der Waals surface area contributed by atoms with E-state index in [0.29, 0.717) is 12.4 Å². The second kappa shape index (κ2) is 7.75. The fourth-order valence-corrected chi connectivity index (χ4v) is 3.72. The van der Waals surface area contributed by atoms with Crippen LogP contribution in [0.5, 0.6) is 0 Å². The molecule has 134 valence electrons. The van der Waals surface area contributed by atoms with E-state index in [9.17, 15) is 12.8 Å². The molecule has 1 aliphatic heterocycles. The number of rotatable bonds is 7. The molecule has 2 N–H and O–H groups in total. The SMILES string of the molecule is O=S(=O)(NCCNc1cc(N2CCCC2)ncn1)c1cccc(F)c1. The van der Waals surface area contributed by atoms with E-state index in [4.69, 9.17) is 0 Å². The highest BCUT2D eigenvalue weighted by molar-refractivity contribution is 7.89. The van der Waals surface area contributed by atoms with Crippen molar-refractivity contribution < 1.29 is 12.8 Å². The van der Waals surface area contributed by atoms with Gasteiger partial charge >= 0.3 is 0 Å². The van der Waals surface area contributed by atoms with Gasteiger partial charge in [-0.25, -0.2) is 27.5 Å². The molecule has 1 aliphatic rings. The van der Waals surface area contributed by atoms with Crippen LogP contribution in [-0.4, -0.2) is 44.6 Å². The smallest absolute Gasteiger partial charge is 0.240 e. The number of anilines is 2. The molecule has 25 heavy (non-hydrogen) atoms. The molecule has 2 aromatic rings. The summed E-state index contributed by atoms with van der Waals surface area (Å²) in [5.41, 5.74) is 0. The Morgan fingerprint density at radius 1 is 1.12 bits per heavy atom. The molecule has 1 saturated heterocycles. The van der Waals surface area contributed by atoms with Crippen LogP contribution in [0.1, 0.15) is 12.8 Å². The summed E-state index contributed by atoms with van der Waals surface area (Å²) in [6.45, 7) is 2.49. The van der Waals surface area contributed by atoms with Gasteiger partial charge in [0.05, 0.1) is 4.90 Å². The van der Waals surface area contributed by atoms with E-state index < -0.39 is 15.8 Å². The van der Waals surface area contributed by atoms with Gasteiger partial charge in [0.1, 0.15) is 23.8 Å². The monoisotopic (exact) mass is 365 g/mol. The lowest BCUT2D eigenvalue weighted by molar-refractivity contribution is 0.579. The van der Waals surface area contributed by atoms with Crippen molar-refractivity contribution in [3.05, 3.63) is 42.5 Å². The van der Waals surface area contributed by atoms with Crippen molar-refractivity contribution in [3.8, 4) is 0 Å². The number of sulfonamides is 1. The van der Waals surface area contributed by atoms with Gasteiger partial charge in [0.25, 0.3) is 0 Å². The average molecular weight is 365 g/mol. The largest absolute Gasteiger partial charge is 0.369 e. The van der Waals surface area contributed by atoms with Gasteiger partial charge in [-0.1, -0.05) is 6.07 Å². The Kier molecular flexibility index (Phi) is 5.44. The van der Waals surface area contributed by atoms with E-state index >= 15 is 0 Å². The molecule has 0 amide bonds. The first-order valence-corrected chi connectivity index (χ1v) is 9.59. The van der Waals surface area contributed by atoms with Crippen LogP contribution in [0, 0.1) is 5.82 Å². The van der Waals surface area contributed by atoms with Gasteiger partial charge in [-0.05, 0) is 31.0 Å². The lowest BCUT2D eigenvalue weighted by atomic mass is 10.4. The first-order chi connectivity index (χ1) is 12.0. The van der Waals surface area contributed by atoms with Crippen LogP contribution in [-0.2, 0) is 10.0 Å². The fraction of sp³-hybridized carbons (Fsp3) is 0.375. The lowest BCUT2D eigenvalue weighted by Gasteiger charge is -2.16. The van der Waals surface area contributed by atoms with Crippen molar-refractivity contribution in [1.82, 2.24) is 14.7 Å². The number of nitrogens with one attached hydrogen (secondary N) is 2. The molecule has 9 heteroatoms. The standard InChI is InChI=1S/C16H20FN5O2S/c17-13-4-3-5-14(10-13)25(23,24)21-7-6-18-15-11-16(20-12-19-15)22-8-1-2-9-22/h3-5,10-12,21H,1-2,6-9H2,(H,18,19,20). The van der Waals surface area contributed by atoms with Crippen molar-refractivity contribution in [2.45, 2.75) is 17.7 Å². The maximum absolute atomic E-state index is 13.2. The van der Waals surface area contributed by atoms with E-state index in [2.05, 4.69) is 24.9 Å². The second-order valence-corrected chi connectivity index (χ2v) is 7.50. The summed E-state index contributed by atoms with van der Waals surface area (Å²) in [6.07, 6.45) is 3.82. The molecule has 0 radical (unpaired) electrons. The van der Waals surface area contributed by atoms with E-state index in [0.717, 1.165) is 37.8 Å². The first-order valence-electron chi connectivity index (χ1n) is 8.11. The predicted molar refractivity (Wildman–Crippen MR) is 93.6 cm³/mol. The maximum Gasteiger partial charge on any atom is 0.240 e. The Hall–Kier alpha value is -2.26. The molecular formula is C16H20FN5O2S. The second-order valence-electron chi connectivity index (χ2n) is 5.74. The normalized spacial score (nSPS) is 14.7. The van der Waals surface area contributed by atoms with Crippen molar-refractivity contribution in [1.29, 1.82) is 0 Å². The van der Waals surface area contributed by atoms with E-state index in [1.807, 2.05) is 6.07 Å². The van der Waals surface area contributed by atoms with Crippen LogP contribution in [0.15, 0.2) is 41.6 Å². The molecule has 0 saturated carbocycles. The molecule has 0 atom stereocenters. The highest BCUT2D eigenvalue weighted by atomic mass is 32.2. The average Bonchev–Trinajstić information content (AvgIpc) is 3.14. The van der Waals surface area contributed by atoms with Gasteiger partial charge < -0.3 is 10.2 Å². The molecule has 0 unspecified atom stereocenters. The van der Waals surface area contributed by atoms with Crippen LogP contribution in [0.4, 0.5) is 16.0 Å². The van der Waals surface area contributed by atoms with Crippen LogP contribution in [0.3, 0.4) is 0 Å². The Morgan fingerprint density at radius 2 is 1.92 bits per heavy atom. The fourth-order valence-electron chi connectivity index (χ4n) is 2.66. The number of hydrogen-bond acceptors (Lipinski definition) is 6. The van der Waals surface area contributed by atoms with Gasteiger partial charge in [-0.15, -0.1) is 0 Å². The molecule has 7 nitrogen and oxygen atoms in total. The van der Waals surface area contributed by atoms with Gasteiger partial charge in [-0.3, -0.25) is 0 Å². The third-order valence-electron chi connectivity index (χ3n) is 3.91. The zero-order chi connectivity index (χ0) is 17.7. The Balaban J connectivity index is 1.52. The Bertz CT molecular complexity index is 825. The van der Waals surface area contributed by atoms with Gasteiger partial charge in [0, 0.05) is 32.2 Å². The van der Waals surface area contributed by atoms with Crippen LogP contribution in [0.2, 0.25) is 0 Å². The third-order valence-corrected chi connectivity index (χ3v) is 5.37. The molecule has 0 bridgehead atoms. The molecule has 1 fully saturated rings. The zero-order valence-corrected chi connectivity index (χ0v) is 14.5. The summed E-state index contributed by atoms with van der Waals surface area (Å²) in [6, 6.07) is 6.76. The predicted octanol–water partition coefficient (Wildman–Crippen LogP) is 1.61. The summed E-state index contributed by atoms with van der Waals surface area (Å²) in [4.78, 5) is 10.5. The maximum atomic E-state index is 13.2. The summed E-state index contributed by atoms with van der Waals surface area (Å²) in [5, 5.41) is 3.07. The minimum Gasteiger partial charge on any atom is -0.369 e. The van der Waals surface area contributed by atoms with Crippen LogP contribution < -0.4 is 14.9 Å². The van der Waals surface area contributed by atoms with Crippen molar-refractivity contribution >= 4 is 21.7 Å². The topological polar surface area (TPSA) is 87.2 Å². The van der Waals surface area contributed by atoms with E-state index in [1.165, 1.54) is 24.5 Å². The van der Waals surface area contributed by atoms with Gasteiger partial charge in [-0.2, -0.15) is 0 Å². The van der Waals surface area contributed by atoms with E-state index in [1.54, 1.807) is 0 Å². The molecule has 1 aromatic carbocycles. The van der Waals surface area contributed by atoms with Crippen LogP contribution >= 0.6 is 0 Å². The lowest BCUT2D eigenvalue weighted by Crippen LogP contribution is -2.29. The molecule has 1 aromatic heterocycles. The summed E-state index contributed by atoms with van der Waals surface area (Å²) in [7, 11) is -3.73. The summed E-state index contributed by atoms with van der Waals surface area (Å²) in [5.74, 6) is 0.925. The number of nitrogens with zero attached hydrogens (tertiary/aromatic N) is 3. The van der Waals surface area contributed by atoms with Crippen molar-refractivity contribution in [2.24, 2.45) is 0 Å². The highest BCUT2D eigenvalue weighted by Crippen LogP contribution is 2.19. The number of hydrogen-bond donors (Lipinski definition) is 2. The quantitative estimate of drug-likeness (QED) is 0.725. The molecule has 2 heterocycles. The molecular weight excluding hydrogens is 345 g/mol.